The highest BCUT2D eigenvalue weighted by molar-refractivity contribution is 5.93. The molecule has 2 atom stereocenters. The molecule has 2 unspecified atom stereocenters. The minimum Gasteiger partial charge on any atom is -0.481 e. The molecule has 0 saturated heterocycles. The molecule has 0 aromatic heterocycles. The van der Waals surface area contributed by atoms with Gasteiger partial charge < -0.3 is 37.0 Å². The lowest BCUT2D eigenvalue weighted by molar-refractivity contribution is -0.143. The van der Waals surface area contributed by atoms with Gasteiger partial charge in [0, 0.05) is 0 Å². The van der Waals surface area contributed by atoms with Gasteiger partial charge in [0.25, 0.3) is 0 Å². The van der Waals surface area contributed by atoms with Crippen LogP contribution in [0.25, 0.3) is 0 Å². The van der Waals surface area contributed by atoms with Crippen LogP contribution in [0.15, 0.2) is 0 Å². The average molecular weight is 334 g/mol. The zero-order chi connectivity index (χ0) is 18.0. The number of rotatable bonds is 10. The Bertz CT molecular complexity index is 481. The lowest BCUT2D eigenvalue weighted by Crippen LogP contribution is -2.52. The molecule has 0 heterocycles. The molecule has 0 radical (unpaired) electrons. The van der Waals surface area contributed by atoms with Gasteiger partial charge in [-0.15, -0.1) is 0 Å². The van der Waals surface area contributed by atoms with Crippen LogP contribution >= 0.6 is 0 Å². The molecule has 8 N–H and O–H groups in total. The molecule has 0 aliphatic rings. The maximum absolute atomic E-state index is 11.7. The Hall–Kier alpha value is -2.73. The summed E-state index contributed by atoms with van der Waals surface area (Å²) in [6, 6.07) is -2.98. The van der Waals surface area contributed by atoms with Crippen LogP contribution in [0.2, 0.25) is 0 Å². The van der Waals surface area contributed by atoms with Crippen molar-refractivity contribution in [3.8, 4) is 0 Å². The molecule has 0 spiro atoms. The van der Waals surface area contributed by atoms with E-state index in [4.69, 9.17) is 21.1 Å². The normalized spacial score (nSPS) is 12.6. The second-order valence-electron chi connectivity index (χ2n) is 4.28. The van der Waals surface area contributed by atoms with Crippen molar-refractivity contribution in [1.82, 2.24) is 16.0 Å². The van der Waals surface area contributed by atoms with Gasteiger partial charge in [0.1, 0.15) is 12.1 Å². The fourth-order valence-electron chi connectivity index (χ4n) is 1.36. The minimum atomic E-state index is -1.54. The van der Waals surface area contributed by atoms with E-state index in [1.807, 2.05) is 10.6 Å². The lowest BCUT2D eigenvalue weighted by atomic mass is 10.2. The van der Waals surface area contributed by atoms with E-state index < -0.39 is 67.9 Å². The number of carbonyl (C=O) groups excluding carboxylic acids is 3. The van der Waals surface area contributed by atoms with Crippen LogP contribution in [0.5, 0.6) is 0 Å². The van der Waals surface area contributed by atoms with E-state index in [-0.39, 0.29) is 0 Å². The van der Waals surface area contributed by atoms with Crippen molar-refractivity contribution in [2.24, 2.45) is 5.73 Å². The highest BCUT2D eigenvalue weighted by Crippen LogP contribution is 1.93. The van der Waals surface area contributed by atoms with Crippen LogP contribution < -0.4 is 21.7 Å². The van der Waals surface area contributed by atoms with Crippen molar-refractivity contribution >= 4 is 29.7 Å². The Morgan fingerprint density at radius 1 is 0.957 bits per heavy atom. The van der Waals surface area contributed by atoms with E-state index in [9.17, 15) is 24.0 Å². The maximum Gasteiger partial charge on any atom is 0.328 e. The van der Waals surface area contributed by atoms with Crippen molar-refractivity contribution in [3.05, 3.63) is 0 Å². The number of aliphatic hydroxyl groups excluding tert-OH is 1. The van der Waals surface area contributed by atoms with Crippen molar-refractivity contribution in [3.63, 3.8) is 0 Å². The van der Waals surface area contributed by atoms with Crippen LogP contribution in [0.1, 0.15) is 6.42 Å². The second-order valence-corrected chi connectivity index (χ2v) is 4.28. The van der Waals surface area contributed by atoms with Gasteiger partial charge in [-0.3, -0.25) is 19.2 Å². The Morgan fingerprint density at radius 3 is 1.96 bits per heavy atom. The second kappa shape index (κ2) is 10.1. The van der Waals surface area contributed by atoms with E-state index in [2.05, 4.69) is 5.32 Å². The van der Waals surface area contributed by atoms with Gasteiger partial charge in [0.2, 0.25) is 17.7 Å². The van der Waals surface area contributed by atoms with Crippen molar-refractivity contribution in [2.45, 2.75) is 18.5 Å². The van der Waals surface area contributed by atoms with Crippen LogP contribution in [0, 0.1) is 0 Å². The summed E-state index contributed by atoms with van der Waals surface area (Å²) in [5.41, 5.74) is 5.04. The zero-order valence-electron chi connectivity index (χ0n) is 11.9. The number of hydrogen-bond acceptors (Lipinski definition) is 7. The Morgan fingerprint density at radius 2 is 1.52 bits per heavy atom. The molecule has 0 saturated carbocycles. The monoisotopic (exact) mass is 334 g/mol. The molecule has 23 heavy (non-hydrogen) atoms. The number of carboxylic acids is 2. The fraction of sp³-hybridized carbons (Fsp3) is 0.545. The molecule has 3 amide bonds. The van der Waals surface area contributed by atoms with Gasteiger partial charge in [-0.2, -0.15) is 0 Å². The number of amides is 3. The van der Waals surface area contributed by atoms with Gasteiger partial charge in [-0.1, -0.05) is 0 Å². The standard InChI is InChI=1S/C11H18N4O8/c12-2-7(17)14-5(1-9(19)20)10(21)13-3-8(18)15-6(4-16)11(22)23/h5-6,16H,1-4,12H2,(H,13,21)(H,14,17)(H,15,18)(H,19,20)(H,22,23). The number of aliphatic hydroxyl groups is 1. The predicted octanol–water partition coefficient (Wildman–Crippen LogP) is -4.42. The fourth-order valence-corrected chi connectivity index (χ4v) is 1.36. The number of carboxylic acid groups (broad SMARTS) is 2. The summed E-state index contributed by atoms with van der Waals surface area (Å²) < 4.78 is 0. The molecule has 0 aliphatic carbocycles. The first-order valence-electron chi connectivity index (χ1n) is 6.33. The first kappa shape index (κ1) is 20.3. The Labute approximate surface area is 130 Å². The summed E-state index contributed by atoms with van der Waals surface area (Å²) in [4.78, 5) is 55.5. The van der Waals surface area contributed by atoms with E-state index in [0.29, 0.717) is 0 Å². The van der Waals surface area contributed by atoms with Gasteiger partial charge in [0.15, 0.2) is 0 Å². The topological polar surface area (TPSA) is 208 Å². The number of nitrogens with one attached hydrogen (secondary N) is 3. The molecule has 0 bridgehead atoms. The number of aliphatic carboxylic acids is 2. The van der Waals surface area contributed by atoms with E-state index >= 15 is 0 Å². The summed E-state index contributed by atoms with van der Waals surface area (Å²) in [6.07, 6.45) is -0.729. The highest BCUT2D eigenvalue weighted by Gasteiger charge is 2.24. The Kier molecular flexibility index (Phi) is 8.88. The Balaban J connectivity index is 4.55. The summed E-state index contributed by atoms with van der Waals surface area (Å²) >= 11 is 0. The third kappa shape index (κ3) is 8.33. The molecule has 12 nitrogen and oxygen atoms in total. The lowest BCUT2D eigenvalue weighted by Gasteiger charge is -2.17. The SMILES string of the molecule is NCC(=O)NC(CC(=O)O)C(=O)NCC(=O)NC(CO)C(=O)O. The summed E-state index contributed by atoms with van der Waals surface area (Å²) in [6.45, 7) is -1.97. The molecule has 130 valence electrons. The van der Waals surface area contributed by atoms with E-state index in [1.165, 1.54) is 0 Å². The van der Waals surface area contributed by atoms with Gasteiger partial charge in [-0.05, 0) is 0 Å². The quantitative estimate of drug-likeness (QED) is 0.205. The first-order chi connectivity index (χ1) is 10.7. The van der Waals surface area contributed by atoms with Crippen molar-refractivity contribution < 1.29 is 39.3 Å². The number of hydrogen-bond donors (Lipinski definition) is 7. The van der Waals surface area contributed by atoms with E-state index in [1.54, 1.807) is 0 Å². The predicted molar refractivity (Wildman–Crippen MR) is 72.9 cm³/mol. The van der Waals surface area contributed by atoms with Gasteiger partial charge in [-0.25, -0.2) is 4.79 Å². The third-order valence-electron chi connectivity index (χ3n) is 2.45. The van der Waals surface area contributed by atoms with E-state index in [0.717, 1.165) is 0 Å². The van der Waals surface area contributed by atoms with Crippen LogP contribution in [0.3, 0.4) is 0 Å². The summed E-state index contributed by atoms with van der Waals surface area (Å²) in [5, 5.41) is 32.1. The highest BCUT2D eigenvalue weighted by atomic mass is 16.4. The molecule has 0 aliphatic heterocycles. The number of carbonyl (C=O) groups is 5. The molecule has 0 rings (SSSR count). The summed E-state index contributed by atoms with van der Waals surface area (Å²) in [7, 11) is 0. The van der Waals surface area contributed by atoms with Crippen molar-refractivity contribution in [1.29, 1.82) is 0 Å². The smallest absolute Gasteiger partial charge is 0.328 e. The maximum atomic E-state index is 11.7. The molecular weight excluding hydrogens is 316 g/mol. The van der Waals surface area contributed by atoms with Crippen LogP contribution in [-0.4, -0.2) is 76.8 Å². The van der Waals surface area contributed by atoms with Crippen LogP contribution in [-0.2, 0) is 24.0 Å². The molecule has 12 heteroatoms. The molecular formula is C11H18N4O8. The largest absolute Gasteiger partial charge is 0.481 e. The van der Waals surface area contributed by atoms with Gasteiger partial charge >= 0.3 is 11.9 Å². The molecule has 0 fully saturated rings. The minimum absolute atomic E-state index is 0.458. The molecule has 0 aromatic carbocycles. The number of nitrogens with two attached hydrogens (primary N) is 1. The third-order valence-corrected chi connectivity index (χ3v) is 2.45. The zero-order valence-corrected chi connectivity index (χ0v) is 11.9. The average Bonchev–Trinajstić information content (AvgIpc) is 2.48. The van der Waals surface area contributed by atoms with Crippen LogP contribution in [0.4, 0.5) is 0 Å². The summed E-state index contributed by atoms with van der Waals surface area (Å²) in [5.74, 6) is -5.47. The van der Waals surface area contributed by atoms with Gasteiger partial charge in [0.05, 0.1) is 26.1 Å². The molecule has 0 aromatic rings. The van der Waals surface area contributed by atoms with Crippen molar-refractivity contribution in [2.75, 3.05) is 19.7 Å². The first-order valence-corrected chi connectivity index (χ1v) is 6.33.